The Kier molecular flexibility index (Phi) is 8.43. The minimum atomic E-state index is -0.448. The van der Waals surface area contributed by atoms with Crippen molar-refractivity contribution in [3.05, 3.63) is 65.2 Å². The molecule has 0 aliphatic carbocycles. The normalized spacial score (nSPS) is 20.9. The standard InChI is InChI=1S/C30H37ClFN7O2/c1-36-12-14-38(15-13-36)22-7-10-37(11-8-22)23-4-6-26(28(18-23)40-2)35-29-19-30(34-20-33-29)39-27(9-16-41-39)21-3-5-24(31)25(32)17-21/h3-6,17-20,22,27H,7-16H2,1-2H3,(H,33,34,35). The molecule has 1 aromatic heterocycles. The van der Waals surface area contributed by atoms with Crippen LogP contribution in [-0.2, 0) is 4.84 Å². The summed E-state index contributed by atoms with van der Waals surface area (Å²) in [6, 6.07) is 13.4. The molecule has 41 heavy (non-hydrogen) atoms. The van der Waals surface area contributed by atoms with Crippen LogP contribution in [0.25, 0.3) is 0 Å². The van der Waals surface area contributed by atoms with Crippen molar-refractivity contribution in [2.75, 3.05) is 75.3 Å². The van der Waals surface area contributed by atoms with Crippen molar-refractivity contribution in [1.29, 1.82) is 0 Å². The van der Waals surface area contributed by atoms with Crippen LogP contribution < -0.4 is 20.0 Å². The molecule has 9 nitrogen and oxygen atoms in total. The number of halogens is 2. The Morgan fingerprint density at radius 2 is 1.78 bits per heavy atom. The van der Waals surface area contributed by atoms with Crippen LogP contribution in [0, 0.1) is 5.82 Å². The molecule has 3 aliphatic rings. The lowest BCUT2D eigenvalue weighted by Crippen LogP contribution is -2.52. The number of hydroxylamine groups is 1. The van der Waals surface area contributed by atoms with Crippen LogP contribution in [0.15, 0.2) is 48.8 Å². The van der Waals surface area contributed by atoms with Crippen molar-refractivity contribution in [3.63, 3.8) is 0 Å². The molecule has 1 atom stereocenters. The number of benzene rings is 2. The average molecular weight is 582 g/mol. The molecule has 0 saturated carbocycles. The highest BCUT2D eigenvalue weighted by Gasteiger charge is 2.30. The summed E-state index contributed by atoms with van der Waals surface area (Å²) in [4.78, 5) is 22.3. The first-order chi connectivity index (χ1) is 20.0. The summed E-state index contributed by atoms with van der Waals surface area (Å²) in [5, 5.41) is 5.19. The van der Waals surface area contributed by atoms with E-state index in [1.165, 1.54) is 38.3 Å². The lowest BCUT2D eigenvalue weighted by molar-refractivity contribution is 0.0982. The van der Waals surface area contributed by atoms with Crippen LogP contribution in [0.1, 0.15) is 30.9 Å². The molecule has 1 N–H and O–H groups in total. The van der Waals surface area contributed by atoms with Crippen molar-refractivity contribution < 1.29 is 14.0 Å². The Labute approximate surface area is 245 Å². The zero-order valence-electron chi connectivity index (χ0n) is 23.6. The van der Waals surface area contributed by atoms with Crippen LogP contribution in [0.5, 0.6) is 5.75 Å². The van der Waals surface area contributed by atoms with Gasteiger partial charge in [0.05, 0.1) is 30.5 Å². The second-order valence-electron chi connectivity index (χ2n) is 11.0. The molecule has 218 valence electrons. The molecule has 3 fully saturated rings. The summed E-state index contributed by atoms with van der Waals surface area (Å²) < 4.78 is 19.9. The maximum absolute atomic E-state index is 14.1. The van der Waals surface area contributed by atoms with Gasteiger partial charge in [0.15, 0.2) is 5.82 Å². The lowest BCUT2D eigenvalue weighted by Gasteiger charge is -2.42. The van der Waals surface area contributed by atoms with E-state index in [1.54, 1.807) is 18.2 Å². The molecule has 0 spiro atoms. The van der Waals surface area contributed by atoms with E-state index in [2.05, 4.69) is 49.2 Å². The molecule has 0 amide bonds. The molecule has 3 aliphatic heterocycles. The third-order valence-electron chi connectivity index (χ3n) is 8.44. The molecule has 3 saturated heterocycles. The number of piperazine rings is 1. The first kappa shape index (κ1) is 28.0. The number of nitrogens with one attached hydrogen (secondary N) is 1. The largest absolute Gasteiger partial charge is 0.494 e. The molecule has 1 unspecified atom stereocenters. The summed E-state index contributed by atoms with van der Waals surface area (Å²) >= 11 is 5.89. The highest BCUT2D eigenvalue weighted by atomic mass is 35.5. The topological polar surface area (TPSA) is 69.2 Å². The van der Waals surface area contributed by atoms with Crippen LogP contribution in [0.4, 0.5) is 27.4 Å². The number of likely N-dealkylation sites (N-methyl/N-ethyl adjacent to an activating group) is 1. The first-order valence-electron chi connectivity index (χ1n) is 14.3. The van der Waals surface area contributed by atoms with E-state index in [9.17, 15) is 4.39 Å². The quantitative estimate of drug-likeness (QED) is 0.409. The number of hydrogen-bond donors (Lipinski definition) is 1. The summed E-state index contributed by atoms with van der Waals surface area (Å²) in [5.41, 5.74) is 2.75. The van der Waals surface area contributed by atoms with Crippen molar-refractivity contribution in [2.45, 2.75) is 31.3 Å². The van der Waals surface area contributed by atoms with Crippen LogP contribution in [0.3, 0.4) is 0 Å². The van der Waals surface area contributed by atoms with Crippen molar-refractivity contribution in [3.8, 4) is 5.75 Å². The SMILES string of the molecule is COc1cc(N2CCC(N3CCN(C)CC3)CC2)ccc1Nc1cc(N2OCCC2c2ccc(Cl)c(F)c2)ncn1. The van der Waals surface area contributed by atoms with Gasteiger partial charge in [0, 0.05) is 69.6 Å². The molecule has 3 aromatic rings. The smallest absolute Gasteiger partial charge is 0.158 e. The second kappa shape index (κ2) is 12.4. The summed E-state index contributed by atoms with van der Waals surface area (Å²) in [7, 11) is 3.89. The van der Waals surface area contributed by atoms with E-state index in [4.69, 9.17) is 21.2 Å². The van der Waals surface area contributed by atoms with E-state index in [1.807, 2.05) is 18.2 Å². The Bertz CT molecular complexity index is 1350. The Morgan fingerprint density at radius 1 is 0.976 bits per heavy atom. The fraction of sp³-hybridized carbons (Fsp3) is 0.467. The van der Waals surface area contributed by atoms with Gasteiger partial charge in [-0.2, -0.15) is 0 Å². The lowest BCUT2D eigenvalue weighted by atomic mass is 10.0. The fourth-order valence-electron chi connectivity index (χ4n) is 6.05. The van der Waals surface area contributed by atoms with Gasteiger partial charge in [0.25, 0.3) is 0 Å². The number of rotatable bonds is 7. The second-order valence-corrected chi connectivity index (χ2v) is 11.4. The van der Waals surface area contributed by atoms with Gasteiger partial charge in [-0.25, -0.2) is 19.4 Å². The predicted molar refractivity (Wildman–Crippen MR) is 160 cm³/mol. The van der Waals surface area contributed by atoms with Crippen molar-refractivity contribution >= 4 is 34.6 Å². The van der Waals surface area contributed by atoms with Gasteiger partial charge < -0.3 is 19.9 Å². The van der Waals surface area contributed by atoms with Gasteiger partial charge in [-0.1, -0.05) is 17.7 Å². The molecule has 4 heterocycles. The van der Waals surface area contributed by atoms with Crippen LogP contribution in [-0.4, -0.2) is 85.8 Å². The van der Waals surface area contributed by atoms with Gasteiger partial charge in [-0.05, 0) is 49.7 Å². The molecule has 0 bridgehead atoms. The van der Waals surface area contributed by atoms with Gasteiger partial charge in [0.2, 0.25) is 0 Å². The zero-order valence-corrected chi connectivity index (χ0v) is 24.4. The molecule has 6 rings (SSSR count). The van der Waals surface area contributed by atoms with Gasteiger partial charge in [-0.15, -0.1) is 0 Å². The molecule has 11 heteroatoms. The number of ether oxygens (including phenoxy) is 1. The Morgan fingerprint density at radius 3 is 2.54 bits per heavy atom. The Balaban J connectivity index is 1.12. The first-order valence-corrected chi connectivity index (χ1v) is 14.7. The zero-order chi connectivity index (χ0) is 28.3. The summed E-state index contributed by atoms with van der Waals surface area (Å²) in [6.45, 7) is 7.24. The number of anilines is 4. The number of piperidine rings is 1. The van der Waals surface area contributed by atoms with E-state index in [0.29, 0.717) is 30.7 Å². The third-order valence-corrected chi connectivity index (χ3v) is 8.75. The van der Waals surface area contributed by atoms with E-state index in [0.717, 1.165) is 48.9 Å². The van der Waals surface area contributed by atoms with Crippen LogP contribution in [0.2, 0.25) is 5.02 Å². The van der Waals surface area contributed by atoms with E-state index in [-0.39, 0.29) is 11.1 Å². The molecular weight excluding hydrogens is 545 g/mol. The average Bonchev–Trinajstić information content (AvgIpc) is 3.50. The highest BCUT2D eigenvalue weighted by molar-refractivity contribution is 6.30. The Hall–Kier alpha value is -3.18. The number of aromatic nitrogens is 2. The summed E-state index contributed by atoms with van der Waals surface area (Å²) in [5.74, 6) is 1.48. The van der Waals surface area contributed by atoms with Gasteiger partial charge in [-0.3, -0.25) is 9.74 Å². The molecular formula is C30H37ClFN7O2. The molecule has 2 aromatic carbocycles. The summed E-state index contributed by atoms with van der Waals surface area (Å²) in [6.07, 6.45) is 4.55. The van der Waals surface area contributed by atoms with E-state index < -0.39 is 5.82 Å². The highest BCUT2D eigenvalue weighted by Crippen LogP contribution is 2.37. The minimum Gasteiger partial charge on any atom is -0.494 e. The van der Waals surface area contributed by atoms with E-state index >= 15 is 0 Å². The number of hydrogen-bond acceptors (Lipinski definition) is 9. The van der Waals surface area contributed by atoms with Crippen molar-refractivity contribution in [1.82, 2.24) is 19.8 Å². The third kappa shape index (κ3) is 6.21. The van der Waals surface area contributed by atoms with Crippen LogP contribution >= 0.6 is 11.6 Å². The van der Waals surface area contributed by atoms with Gasteiger partial charge >= 0.3 is 0 Å². The fourth-order valence-corrected chi connectivity index (χ4v) is 6.17. The minimum absolute atomic E-state index is 0.0999. The monoisotopic (exact) mass is 581 g/mol. The number of methoxy groups -OCH3 is 1. The maximum atomic E-state index is 14.1. The molecule has 0 radical (unpaired) electrons. The predicted octanol–water partition coefficient (Wildman–Crippen LogP) is 5.12. The number of nitrogens with zero attached hydrogens (tertiary/aromatic N) is 6. The maximum Gasteiger partial charge on any atom is 0.158 e. The van der Waals surface area contributed by atoms with Crippen molar-refractivity contribution in [2.24, 2.45) is 0 Å². The van der Waals surface area contributed by atoms with Gasteiger partial charge in [0.1, 0.15) is 23.7 Å².